The third-order valence-corrected chi connectivity index (χ3v) is 4.22. The van der Waals surface area contributed by atoms with Crippen LogP contribution >= 0.6 is 11.6 Å². The van der Waals surface area contributed by atoms with E-state index in [1.54, 1.807) is 4.90 Å². The van der Waals surface area contributed by atoms with Gasteiger partial charge in [-0.1, -0.05) is 42.5 Å². The Morgan fingerprint density at radius 2 is 2.08 bits per heavy atom. The quantitative estimate of drug-likeness (QED) is 0.783. The van der Waals surface area contributed by atoms with Gasteiger partial charge in [0, 0.05) is 37.1 Å². The van der Waals surface area contributed by atoms with Gasteiger partial charge in [-0.05, 0) is 31.0 Å². The molecule has 1 aliphatic rings. The first-order valence-electron chi connectivity index (χ1n) is 8.45. The van der Waals surface area contributed by atoms with Crippen LogP contribution in [-0.4, -0.2) is 55.2 Å². The number of carbonyl (C=O) groups excluding carboxylic acids is 1. The molecule has 0 radical (unpaired) electrons. The summed E-state index contributed by atoms with van der Waals surface area (Å²) in [5.41, 5.74) is 1.22. The van der Waals surface area contributed by atoms with Crippen LogP contribution in [0.3, 0.4) is 0 Å². The highest BCUT2D eigenvalue weighted by Gasteiger charge is 2.21. The largest absolute Gasteiger partial charge is 0.450 e. The van der Waals surface area contributed by atoms with Crippen LogP contribution in [0, 0.1) is 17.8 Å². The number of nitrogens with zero attached hydrogens (tertiary/aromatic N) is 2. The fourth-order valence-corrected chi connectivity index (χ4v) is 2.92. The number of hydrogen-bond donors (Lipinski definition) is 0. The molecule has 1 unspecified atom stereocenters. The fraction of sp³-hybridized carbons (Fsp3) is 0.526. The Morgan fingerprint density at radius 3 is 2.75 bits per heavy atom. The number of ether oxygens (including phenoxy) is 1. The summed E-state index contributed by atoms with van der Waals surface area (Å²) >= 11 is 6.01. The van der Waals surface area contributed by atoms with E-state index in [1.165, 1.54) is 5.56 Å². The second-order valence-electron chi connectivity index (χ2n) is 6.02. The monoisotopic (exact) mass is 348 g/mol. The first-order valence-corrected chi connectivity index (χ1v) is 8.83. The number of hydrogen-bond acceptors (Lipinski definition) is 3. The maximum atomic E-state index is 11.7. The molecule has 0 aliphatic carbocycles. The summed E-state index contributed by atoms with van der Waals surface area (Å²) in [4.78, 5) is 15.7. The predicted octanol–water partition coefficient (Wildman–Crippen LogP) is 3.30. The predicted molar refractivity (Wildman–Crippen MR) is 97.1 cm³/mol. The maximum absolute atomic E-state index is 11.7. The van der Waals surface area contributed by atoms with E-state index in [1.807, 2.05) is 25.1 Å². The summed E-state index contributed by atoms with van der Waals surface area (Å²) in [6.45, 7) is 8.23. The Kier molecular flexibility index (Phi) is 7.42. The maximum Gasteiger partial charge on any atom is 0.409 e. The highest BCUT2D eigenvalue weighted by molar-refractivity contribution is 6.30. The molecule has 1 aromatic carbocycles. The smallest absolute Gasteiger partial charge is 0.409 e. The molecule has 1 amide bonds. The molecule has 0 saturated carbocycles. The van der Waals surface area contributed by atoms with E-state index in [2.05, 4.69) is 29.7 Å². The van der Waals surface area contributed by atoms with Gasteiger partial charge in [0.05, 0.1) is 13.2 Å². The molecule has 0 spiro atoms. The third kappa shape index (κ3) is 6.07. The second kappa shape index (κ2) is 9.56. The molecule has 1 saturated heterocycles. The number of carbonyl (C=O) groups is 1. The second-order valence-corrected chi connectivity index (χ2v) is 6.45. The Morgan fingerprint density at radius 1 is 1.33 bits per heavy atom. The molecule has 1 aromatic rings. The molecule has 5 heteroatoms. The summed E-state index contributed by atoms with van der Waals surface area (Å²) in [5, 5.41) is 0.770. The minimum Gasteiger partial charge on any atom is -0.450 e. The highest BCUT2D eigenvalue weighted by atomic mass is 35.5. The third-order valence-electron chi connectivity index (χ3n) is 3.98. The number of piperazine rings is 1. The van der Waals surface area contributed by atoms with Crippen LogP contribution < -0.4 is 0 Å². The fourth-order valence-electron chi connectivity index (χ4n) is 2.70. The van der Waals surface area contributed by atoms with Crippen LogP contribution in [0.5, 0.6) is 0 Å². The topological polar surface area (TPSA) is 32.8 Å². The lowest BCUT2D eigenvalue weighted by Crippen LogP contribution is -2.48. The van der Waals surface area contributed by atoms with Crippen molar-refractivity contribution in [2.45, 2.75) is 20.3 Å². The van der Waals surface area contributed by atoms with E-state index in [0.29, 0.717) is 25.6 Å². The van der Waals surface area contributed by atoms with Crippen molar-refractivity contribution in [1.82, 2.24) is 9.80 Å². The molecule has 0 N–H and O–H groups in total. The standard InChI is InChI=1S/C19H25ClN2O2/c1-3-24-19(23)22-12-10-21(11-13-22)9-5-6-16(2)14-17-7-4-8-18(20)15-17/h4,7-8,15-16H,3,9-14H2,1-2H3. The Bertz CT molecular complexity index is 601. The van der Waals surface area contributed by atoms with Crippen molar-refractivity contribution in [3.05, 3.63) is 34.9 Å². The van der Waals surface area contributed by atoms with E-state index in [-0.39, 0.29) is 6.09 Å². The van der Waals surface area contributed by atoms with Crippen LogP contribution in [0.25, 0.3) is 0 Å². The molecule has 130 valence electrons. The number of benzene rings is 1. The lowest BCUT2D eigenvalue weighted by molar-refractivity contribution is 0.0829. The number of halogens is 1. The van der Waals surface area contributed by atoms with Crippen LogP contribution in [-0.2, 0) is 11.2 Å². The highest BCUT2D eigenvalue weighted by Crippen LogP contribution is 2.14. The normalized spacial score (nSPS) is 16.2. The van der Waals surface area contributed by atoms with Gasteiger partial charge in [-0.15, -0.1) is 0 Å². The average molecular weight is 349 g/mol. The summed E-state index contributed by atoms with van der Waals surface area (Å²) < 4.78 is 5.03. The van der Waals surface area contributed by atoms with Crippen LogP contribution in [0.2, 0.25) is 5.02 Å². The van der Waals surface area contributed by atoms with Gasteiger partial charge in [-0.3, -0.25) is 4.90 Å². The van der Waals surface area contributed by atoms with Crippen LogP contribution in [0.4, 0.5) is 4.79 Å². The van der Waals surface area contributed by atoms with Crippen molar-refractivity contribution in [2.24, 2.45) is 5.92 Å². The summed E-state index contributed by atoms with van der Waals surface area (Å²) in [6.07, 6.45) is 0.697. The summed E-state index contributed by atoms with van der Waals surface area (Å²) in [7, 11) is 0. The van der Waals surface area contributed by atoms with Crippen LogP contribution in [0.1, 0.15) is 19.4 Å². The molecular weight excluding hydrogens is 324 g/mol. The van der Waals surface area contributed by atoms with Gasteiger partial charge in [-0.2, -0.15) is 0 Å². The summed E-state index contributed by atoms with van der Waals surface area (Å²) in [6, 6.07) is 7.94. The Balaban J connectivity index is 1.72. The minimum absolute atomic E-state index is 0.210. The van der Waals surface area contributed by atoms with Crippen LogP contribution in [0.15, 0.2) is 24.3 Å². The van der Waals surface area contributed by atoms with E-state index in [9.17, 15) is 4.79 Å². The van der Waals surface area contributed by atoms with Gasteiger partial charge in [-0.25, -0.2) is 4.79 Å². The van der Waals surface area contributed by atoms with E-state index in [4.69, 9.17) is 16.3 Å². The zero-order valence-corrected chi connectivity index (χ0v) is 15.2. The Labute approximate surface area is 149 Å². The number of amides is 1. The molecular formula is C19H25ClN2O2. The van der Waals surface area contributed by atoms with Gasteiger partial charge in [0.1, 0.15) is 0 Å². The summed E-state index contributed by atoms with van der Waals surface area (Å²) in [5.74, 6) is 6.87. The lowest BCUT2D eigenvalue weighted by atomic mass is 10.0. The molecule has 1 aliphatic heterocycles. The number of rotatable bonds is 4. The van der Waals surface area contributed by atoms with Crippen molar-refractivity contribution in [3.8, 4) is 11.8 Å². The van der Waals surface area contributed by atoms with Gasteiger partial charge in [0.25, 0.3) is 0 Å². The van der Waals surface area contributed by atoms with Crippen molar-refractivity contribution in [1.29, 1.82) is 0 Å². The van der Waals surface area contributed by atoms with Crippen molar-refractivity contribution in [3.63, 3.8) is 0 Å². The molecule has 1 fully saturated rings. The van der Waals surface area contributed by atoms with Gasteiger partial charge < -0.3 is 9.64 Å². The first-order chi connectivity index (χ1) is 11.6. The molecule has 2 rings (SSSR count). The molecule has 24 heavy (non-hydrogen) atoms. The molecule has 1 atom stereocenters. The Hall–Kier alpha value is -1.70. The first kappa shape index (κ1) is 18.6. The minimum atomic E-state index is -0.210. The lowest BCUT2D eigenvalue weighted by Gasteiger charge is -2.32. The van der Waals surface area contributed by atoms with Crippen molar-refractivity contribution < 1.29 is 9.53 Å². The average Bonchev–Trinajstić information content (AvgIpc) is 2.55. The van der Waals surface area contributed by atoms with E-state index < -0.39 is 0 Å². The molecule has 0 aromatic heterocycles. The molecule has 1 heterocycles. The van der Waals surface area contributed by atoms with E-state index >= 15 is 0 Å². The zero-order chi connectivity index (χ0) is 17.4. The van der Waals surface area contributed by atoms with Crippen molar-refractivity contribution in [2.75, 3.05) is 39.3 Å². The SMILES string of the molecule is CCOC(=O)N1CCN(CC#CC(C)Cc2cccc(Cl)c2)CC1. The molecule has 4 nitrogen and oxygen atoms in total. The van der Waals surface area contributed by atoms with Gasteiger partial charge in [0.2, 0.25) is 0 Å². The van der Waals surface area contributed by atoms with Gasteiger partial charge in [0.15, 0.2) is 0 Å². The van der Waals surface area contributed by atoms with E-state index in [0.717, 1.165) is 31.1 Å². The van der Waals surface area contributed by atoms with Crippen molar-refractivity contribution >= 4 is 17.7 Å². The molecule has 0 bridgehead atoms. The van der Waals surface area contributed by atoms with Gasteiger partial charge >= 0.3 is 6.09 Å². The zero-order valence-electron chi connectivity index (χ0n) is 14.4.